The summed E-state index contributed by atoms with van der Waals surface area (Å²) in [4.78, 5) is 17.4. The van der Waals surface area contributed by atoms with Crippen LogP contribution in [0.1, 0.15) is 32.1 Å². The number of aliphatic hydroxyl groups excluding tert-OH is 1. The molecule has 27 heavy (non-hydrogen) atoms. The molecule has 0 spiro atoms. The summed E-state index contributed by atoms with van der Waals surface area (Å²) in [7, 11) is 0. The number of nitrogens with zero attached hydrogens (tertiary/aromatic N) is 2. The highest BCUT2D eigenvalue weighted by Gasteiger charge is 2.38. The lowest BCUT2D eigenvalue weighted by atomic mass is 9.74. The summed E-state index contributed by atoms with van der Waals surface area (Å²) in [5.74, 6) is -0.0934. The zero-order chi connectivity index (χ0) is 18.7. The van der Waals surface area contributed by atoms with Gasteiger partial charge in [-0.1, -0.05) is 25.3 Å². The van der Waals surface area contributed by atoms with E-state index in [0.29, 0.717) is 25.5 Å². The van der Waals surface area contributed by atoms with Crippen molar-refractivity contribution in [3.8, 4) is 0 Å². The number of nitrogens with one attached hydrogen (secondary N) is 2. The molecule has 1 saturated heterocycles. The highest BCUT2D eigenvalue weighted by Crippen LogP contribution is 2.35. The molecule has 0 radical (unpaired) electrons. The van der Waals surface area contributed by atoms with Gasteiger partial charge in [0, 0.05) is 31.2 Å². The summed E-state index contributed by atoms with van der Waals surface area (Å²) >= 11 is 0. The Morgan fingerprint density at radius 2 is 2.04 bits per heavy atom. The first-order valence-corrected chi connectivity index (χ1v) is 10.1. The smallest absolute Gasteiger partial charge is 0.269 e. The lowest BCUT2D eigenvalue weighted by molar-refractivity contribution is -0.118. The summed E-state index contributed by atoms with van der Waals surface area (Å²) < 4.78 is 5.46. The van der Waals surface area contributed by atoms with Crippen LogP contribution in [0, 0.1) is 5.41 Å². The zero-order valence-corrected chi connectivity index (χ0v) is 15.8. The van der Waals surface area contributed by atoms with E-state index >= 15 is 0 Å². The SMILES string of the molecule is O=C(NCC1(CO)CCCCC1)C1=C2C=CC=CN2C(N2CCOCC2)N1. The van der Waals surface area contributed by atoms with Crippen molar-refractivity contribution in [2.45, 2.75) is 38.4 Å². The molecular formula is C20H30N4O3. The molecule has 7 nitrogen and oxygen atoms in total. The molecule has 0 bridgehead atoms. The normalized spacial score (nSPS) is 27.4. The Kier molecular flexibility index (Phi) is 5.52. The first kappa shape index (κ1) is 18.5. The van der Waals surface area contributed by atoms with Crippen LogP contribution in [0.3, 0.4) is 0 Å². The Hall–Kier alpha value is -1.83. The highest BCUT2D eigenvalue weighted by atomic mass is 16.5. The number of ether oxygens (including phenoxy) is 1. The van der Waals surface area contributed by atoms with Gasteiger partial charge in [0.05, 0.1) is 25.5 Å². The summed E-state index contributed by atoms with van der Waals surface area (Å²) in [6.07, 6.45) is 13.3. The molecular weight excluding hydrogens is 344 g/mol. The molecule has 0 aromatic carbocycles. The molecule has 3 aliphatic heterocycles. The van der Waals surface area contributed by atoms with Gasteiger partial charge >= 0.3 is 0 Å². The highest BCUT2D eigenvalue weighted by molar-refractivity contribution is 5.94. The molecule has 1 aliphatic carbocycles. The summed E-state index contributed by atoms with van der Waals surface area (Å²) in [5, 5.41) is 16.4. The van der Waals surface area contributed by atoms with Crippen LogP contribution in [-0.2, 0) is 9.53 Å². The predicted molar refractivity (Wildman–Crippen MR) is 102 cm³/mol. The van der Waals surface area contributed by atoms with E-state index in [1.807, 2.05) is 24.4 Å². The summed E-state index contributed by atoms with van der Waals surface area (Å²) in [6, 6.07) is 0. The number of morpholine rings is 1. The van der Waals surface area contributed by atoms with E-state index in [2.05, 4.69) is 20.4 Å². The fraction of sp³-hybridized carbons (Fsp3) is 0.650. The van der Waals surface area contributed by atoms with Gasteiger partial charge < -0.3 is 25.4 Å². The third-order valence-corrected chi connectivity index (χ3v) is 6.18. The van der Waals surface area contributed by atoms with Gasteiger partial charge in [0.2, 0.25) is 0 Å². The molecule has 1 amide bonds. The fourth-order valence-corrected chi connectivity index (χ4v) is 4.47. The Labute approximate surface area is 160 Å². The number of fused-ring (bicyclic) bond motifs is 1. The second-order valence-electron chi connectivity index (χ2n) is 7.94. The molecule has 3 heterocycles. The maximum atomic E-state index is 13.0. The standard InChI is InChI=1S/C20H30N4O3/c25-15-20(7-3-1-4-8-20)14-21-18(26)17-16-6-2-5-9-24(16)19(22-17)23-10-12-27-13-11-23/h2,5-6,9,19,22,25H,1,3-4,7-8,10-15H2,(H,21,26). The topological polar surface area (TPSA) is 77.1 Å². The van der Waals surface area contributed by atoms with Gasteiger partial charge in [-0.05, 0) is 25.0 Å². The van der Waals surface area contributed by atoms with Crippen molar-refractivity contribution in [2.24, 2.45) is 5.41 Å². The first-order valence-electron chi connectivity index (χ1n) is 10.1. The van der Waals surface area contributed by atoms with E-state index in [-0.39, 0.29) is 24.2 Å². The van der Waals surface area contributed by atoms with Gasteiger partial charge in [-0.2, -0.15) is 0 Å². The van der Waals surface area contributed by atoms with Crippen molar-refractivity contribution in [3.05, 3.63) is 35.8 Å². The Morgan fingerprint density at radius 1 is 1.26 bits per heavy atom. The van der Waals surface area contributed by atoms with Gasteiger partial charge in [-0.25, -0.2) is 0 Å². The monoisotopic (exact) mass is 374 g/mol. The number of rotatable bonds is 5. The molecule has 0 aromatic heterocycles. The Balaban J connectivity index is 1.45. The zero-order valence-electron chi connectivity index (χ0n) is 15.8. The molecule has 7 heteroatoms. The number of amides is 1. The van der Waals surface area contributed by atoms with Crippen LogP contribution in [0.2, 0.25) is 0 Å². The second kappa shape index (κ2) is 8.04. The molecule has 2 fully saturated rings. The van der Waals surface area contributed by atoms with Crippen molar-refractivity contribution in [3.63, 3.8) is 0 Å². The molecule has 1 atom stereocenters. The molecule has 4 aliphatic rings. The Morgan fingerprint density at radius 3 is 2.78 bits per heavy atom. The number of aliphatic hydroxyl groups is 1. The van der Waals surface area contributed by atoms with Crippen LogP contribution in [0.4, 0.5) is 0 Å². The lowest BCUT2D eigenvalue weighted by Crippen LogP contribution is -2.54. The third-order valence-electron chi connectivity index (χ3n) is 6.18. The number of hydrogen-bond acceptors (Lipinski definition) is 6. The van der Waals surface area contributed by atoms with E-state index in [1.165, 1.54) is 6.42 Å². The van der Waals surface area contributed by atoms with Crippen molar-refractivity contribution < 1.29 is 14.6 Å². The van der Waals surface area contributed by atoms with E-state index < -0.39 is 0 Å². The maximum absolute atomic E-state index is 13.0. The Bertz CT molecular complexity index is 646. The molecule has 1 saturated carbocycles. The van der Waals surface area contributed by atoms with Crippen molar-refractivity contribution in [1.82, 2.24) is 20.4 Å². The van der Waals surface area contributed by atoms with Crippen LogP contribution in [0.15, 0.2) is 35.8 Å². The average Bonchev–Trinajstić information content (AvgIpc) is 3.13. The molecule has 0 aromatic rings. The summed E-state index contributed by atoms with van der Waals surface area (Å²) in [6.45, 7) is 3.76. The largest absolute Gasteiger partial charge is 0.396 e. The van der Waals surface area contributed by atoms with Crippen molar-refractivity contribution >= 4 is 5.91 Å². The van der Waals surface area contributed by atoms with Crippen LogP contribution in [-0.4, -0.2) is 66.6 Å². The van der Waals surface area contributed by atoms with Gasteiger partial charge in [-0.3, -0.25) is 9.69 Å². The average molecular weight is 374 g/mol. The minimum absolute atomic E-state index is 0.0627. The van der Waals surface area contributed by atoms with E-state index in [1.54, 1.807) is 0 Å². The van der Waals surface area contributed by atoms with Crippen LogP contribution in [0.25, 0.3) is 0 Å². The van der Waals surface area contributed by atoms with Crippen molar-refractivity contribution in [2.75, 3.05) is 39.5 Å². The summed E-state index contributed by atoms with van der Waals surface area (Å²) in [5.41, 5.74) is 1.34. The maximum Gasteiger partial charge on any atom is 0.269 e. The number of hydrogen-bond donors (Lipinski definition) is 3. The first-order chi connectivity index (χ1) is 13.2. The predicted octanol–water partition coefficient (Wildman–Crippen LogP) is 0.861. The number of carbonyl (C=O) groups is 1. The molecule has 3 N–H and O–H groups in total. The van der Waals surface area contributed by atoms with Crippen LogP contribution >= 0.6 is 0 Å². The minimum Gasteiger partial charge on any atom is -0.396 e. The van der Waals surface area contributed by atoms with Gasteiger partial charge in [0.25, 0.3) is 5.91 Å². The van der Waals surface area contributed by atoms with Crippen molar-refractivity contribution in [1.29, 1.82) is 0 Å². The van der Waals surface area contributed by atoms with Crippen LogP contribution in [0.5, 0.6) is 0 Å². The fourth-order valence-electron chi connectivity index (χ4n) is 4.47. The molecule has 4 rings (SSSR count). The van der Waals surface area contributed by atoms with Gasteiger partial charge in [0.15, 0.2) is 6.29 Å². The second-order valence-corrected chi connectivity index (χ2v) is 7.94. The molecule has 148 valence electrons. The molecule has 1 unspecified atom stereocenters. The van der Waals surface area contributed by atoms with Gasteiger partial charge in [-0.15, -0.1) is 0 Å². The number of allylic oxidation sites excluding steroid dienone is 3. The minimum atomic E-state index is -0.163. The van der Waals surface area contributed by atoms with Crippen LogP contribution < -0.4 is 10.6 Å². The van der Waals surface area contributed by atoms with E-state index in [4.69, 9.17) is 4.74 Å². The lowest BCUT2D eigenvalue weighted by Gasteiger charge is -2.37. The van der Waals surface area contributed by atoms with E-state index in [9.17, 15) is 9.90 Å². The third kappa shape index (κ3) is 3.77. The van der Waals surface area contributed by atoms with E-state index in [0.717, 1.165) is 44.5 Å². The number of carbonyl (C=O) groups excluding carboxylic acids is 1. The van der Waals surface area contributed by atoms with Gasteiger partial charge in [0.1, 0.15) is 5.70 Å². The quantitative estimate of drug-likeness (QED) is 0.663.